The van der Waals surface area contributed by atoms with Crippen molar-refractivity contribution in [2.75, 3.05) is 13.3 Å². The molecule has 30 heavy (non-hydrogen) atoms. The molecule has 1 N–H and O–H groups in total. The average molecular weight is 419 g/mol. The van der Waals surface area contributed by atoms with Gasteiger partial charge in [0.15, 0.2) is 16.6 Å². The lowest BCUT2D eigenvalue weighted by atomic mass is 10.0. The molecule has 0 radical (unpaired) electrons. The Morgan fingerprint density at radius 1 is 1.17 bits per heavy atom. The van der Waals surface area contributed by atoms with Gasteiger partial charge in [-0.3, -0.25) is 0 Å². The van der Waals surface area contributed by atoms with Crippen molar-refractivity contribution < 1.29 is 14.2 Å². The molecule has 5 nitrogen and oxygen atoms in total. The zero-order valence-corrected chi connectivity index (χ0v) is 17.6. The first-order valence-electron chi connectivity index (χ1n) is 9.61. The summed E-state index contributed by atoms with van der Waals surface area (Å²) in [5.74, 6) is 1.42. The van der Waals surface area contributed by atoms with E-state index in [1.54, 1.807) is 0 Å². The Morgan fingerprint density at radius 3 is 2.70 bits per heavy atom. The topological polar surface area (TPSA) is 63.5 Å². The SMILES string of the molecule is C=C(C)CNCc1ccc(COc2scc(-c3ccc4c(c3)OCO4)c2C#N)cc1. The fourth-order valence-electron chi connectivity index (χ4n) is 3.15. The molecule has 0 unspecified atom stereocenters. The first-order valence-corrected chi connectivity index (χ1v) is 10.5. The van der Waals surface area contributed by atoms with E-state index in [0.29, 0.717) is 23.0 Å². The van der Waals surface area contributed by atoms with E-state index in [9.17, 15) is 5.26 Å². The third kappa shape index (κ3) is 4.48. The molecule has 6 heteroatoms. The summed E-state index contributed by atoms with van der Waals surface area (Å²) in [7, 11) is 0. The van der Waals surface area contributed by atoms with E-state index in [1.807, 2.05) is 30.5 Å². The van der Waals surface area contributed by atoms with Crippen LogP contribution in [0.1, 0.15) is 23.6 Å². The number of nitriles is 1. The smallest absolute Gasteiger partial charge is 0.231 e. The molecule has 1 aromatic heterocycles. The monoisotopic (exact) mass is 418 g/mol. The zero-order chi connectivity index (χ0) is 20.9. The minimum atomic E-state index is 0.227. The van der Waals surface area contributed by atoms with E-state index in [0.717, 1.165) is 41.1 Å². The molecule has 3 aromatic rings. The number of benzene rings is 2. The van der Waals surface area contributed by atoms with Crippen LogP contribution in [0.15, 0.2) is 60.0 Å². The van der Waals surface area contributed by atoms with Gasteiger partial charge in [0.05, 0.1) is 0 Å². The second-order valence-corrected chi connectivity index (χ2v) is 8.00. The maximum absolute atomic E-state index is 9.71. The van der Waals surface area contributed by atoms with Gasteiger partial charge in [-0.05, 0) is 35.7 Å². The highest BCUT2D eigenvalue weighted by molar-refractivity contribution is 7.12. The van der Waals surface area contributed by atoms with E-state index in [2.05, 4.69) is 42.2 Å². The Kier molecular flexibility index (Phi) is 6.03. The van der Waals surface area contributed by atoms with Crippen LogP contribution in [0.25, 0.3) is 11.1 Å². The average Bonchev–Trinajstić information content (AvgIpc) is 3.38. The van der Waals surface area contributed by atoms with Crippen molar-refractivity contribution in [2.45, 2.75) is 20.1 Å². The van der Waals surface area contributed by atoms with E-state index in [1.165, 1.54) is 16.9 Å². The third-order valence-corrected chi connectivity index (χ3v) is 5.59. The standard InChI is InChI=1S/C24H22N2O3S/c1-16(2)11-26-12-17-3-5-18(6-4-17)13-27-24-20(10-25)21(14-30-24)19-7-8-22-23(9-19)29-15-28-22/h3-9,14,26H,1,11-13,15H2,2H3. The fourth-order valence-corrected chi connectivity index (χ4v) is 4.03. The molecule has 1 aliphatic heterocycles. The van der Waals surface area contributed by atoms with E-state index in [-0.39, 0.29) is 6.79 Å². The first-order chi connectivity index (χ1) is 14.6. The first kappa shape index (κ1) is 20.0. The maximum Gasteiger partial charge on any atom is 0.231 e. The van der Waals surface area contributed by atoms with Crippen LogP contribution in [-0.4, -0.2) is 13.3 Å². The van der Waals surface area contributed by atoms with Gasteiger partial charge in [0, 0.05) is 24.0 Å². The molecule has 4 rings (SSSR count). The molecule has 1 aliphatic rings. The molecule has 0 atom stereocenters. The van der Waals surface area contributed by atoms with Crippen molar-refractivity contribution >= 4 is 11.3 Å². The Hall–Kier alpha value is -3.27. The van der Waals surface area contributed by atoms with Gasteiger partial charge in [-0.2, -0.15) is 5.26 Å². The number of nitrogens with one attached hydrogen (secondary N) is 1. The van der Waals surface area contributed by atoms with Crippen molar-refractivity contribution in [3.05, 3.63) is 76.7 Å². The van der Waals surface area contributed by atoms with Gasteiger partial charge in [0.2, 0.25) is 6.79 Å². The molecule has 0 amide bonds. The van der Waals surface area contributed by atoms with Gasteiger partial charge in [-0.25, -0.2) is 0 Å². The molecule has 0 bridgehead atoms. The van der Waals surface area contributed by atoms with Crippen molar-refractivity contribution in [2.24, 2.45) is 0 Å². The molecule has 2 aromatic carbocycles. The lowest BCUT2D eigenvalue weighted by Gasteiger charge is -2.08. The van der Waals surface area contributed by atoms with E-state index < -0.39 is 0 Å². The van der Waals surface area contributed by atoms with Crippen LogP contribution in [-0.2, 0) is 13.2 Å². The van der Waals surface area contributed by atoms with Gasteiger partial charge >= 0.3 is 0 Å². The maximum atomic E-state index is 9.71. The number of hydrogen-bond donors (Lipinski definition) is 1. The minimum absolute atomic E-state index is 0.227. The van der Waals surface area contributed by atoms with Crippen LogP contribution in [0.3, 0.4) is 0 Å². The predicted octanol–water partition coefficient (Wildman–Crippen LogP) is 5.26. The van der Waals surface area contributed by atoms with E-state index >= 15 is 0 Å². The summed E-state index contributed by atoms with van der Waals surface area (Å²) in [6.07, 6.45) is 0. The van der Waals surface area contributed by atoms with Crippen LogP contribution in [0, 0.1) is 11.3 Å². The summed E-state index contributed by atoms with van der Waals surface area (Å²) in [5.41, 5.74) is 5.67. The molecule has 0 aliphatic carbocycles. The highest BCUT2D eigenvalue weighted by atomic mass is 32.1. The van der Waals surface area contributed by atoms with Crippen LogP contribution in [0.2, 0.25) is 0 Å². The van der Waals surface area contributed by atoms with Crippen molar-refractivity contribution in [3.63, 3.8) is 0 Å². The molecule has 0 saturated heterocycles. The van der Waals surface area contributed by atoms with Crippen molar-refractivity contribution in [3.8, 4) is 33.8 Å². The molecule has 0 saturated carbocycles. The summed E-state index contributed by atoms with van der Waals surface area (Å²) >= 11 is 1.43. The van der Waals surface area contributed by atoms with Gasteiger partial charge in [-0.1, -0.05) is 42.5 Å². The van der Waals surface area contributed by atoms with Crippen molar-refractivity contribution in [1.82, 2.24) is 5.32 Å². The molecule has 152 valence electrons. The molecule has 2 heterocycles. The second-order valence-electron chi connectivity index (χ2n) is 7.16. The lowest BCUT2D eigenvalue weighted by molar-refractivity contribution is 0.174. The van der Waals surface area contributed by atoms with Gasteiger partial charge < -0.3 is 19.5 Å². The summed E-state index contributed by atoms with van der Waals surface area (Å²) in [4.78, 5) is 0. The Morgan fingerprint density at radius 2 is 1.93 bits per heavy atom. The number of ether oxygens (including phenoxy) is 3. The van der Waals surface area contributed by atoms with Crippen LogP contribution in [0.5, 0.6) is 16.6 Å². The lowest BCUT2D eigenvalue weighted by Crippen LogP contribution is -2.15. The number of hydrogen-bond acceptors (Lipinski definition) is 6. The van der Waals surface area contributed by atoms with Crippen LogP contribution in [0.4, 0.5) is 0 Å². The number of rotatable bonds is 8. The molecular formula is C24H22N2O3S. The summed E-state index contributed by atoms with van der Waals surface area (Å²) in [6.45, 7) is 8.15. The summed E-state index contributed by atoms with van der Waals surface area (Å²) in [6, 6.07) is 16.3. The Balaban J connectivity index is 1.42. The van der Waals surface area contributed by atoms with Gasteiger partial charge in [0.25, 0.3) is 0 Å². The second kappa shape index (κ2) is 9.04. The highest BCUT2D eigenvalue weighted by Crippen LogP contribution is 2.41. The van der Waals surface area contributed by atoms with Gasteiger partial charge in [-0.15, -0.1) is 11.3 Å². The Labute approximate surface area is 180 Å². The van der Waals surface area contributed by atoms with Crippen LogP contribution < -0.4 is 19.5 Å². The summed E-state index contributed by atoms with van der Waals surface area (Å²) < 4.78 is 16.8. The Bertz CT molecular complexity index is 1100. The number of thiophene rings is 1. The molecule has 0 spiro atoms. The molecular weight excluding hydrogens is 396 g/mol. The van der Waals surface area contributed by atoms with Crippen molar-refractivity contribution in [1.29, 1.82) is 5.26 Å². The molecule has 0 fully saturated rings. The van der Waals surface area contributed by atoms with Crippen LogP contribution >= 0.6 is 11.3 Å². The highest BCUT2D eigenvalue weighted by Gasteiger charge is 2.18. The quantitative estimate of drug-likeness (QED) is 0.506. The number of nitrogens with zero attached hydrogens (tertiary/aromatic N) is 1. The minimum Gasteiger partial charge on any atom is -0.478 e. The van der Waals surface area contributed by atoms with Gasteiger partial charge in [0.1, 0.15) is 18.2 Å². The predicted molar refractivity (Wildman–Crippen MR) is 118 cm³/mol. The number of fused-ring (bicyclic) bond motifs is 1. The zero-order valence-electron chi connectivity index (χ0n) is 16.7. The normalized spacial score (nSPS) is 11.9. The fraction of sp³-hybridized carbons (Fsp3) is 0.208. The third-order valence-electron chi connectivity index (χ3n) is 4.70. The summed E-state index contributed by atoms with van der Waals surface area (Å²) in [5, 5.41) is 15.6. The van der Waals surface area contributed by atoms with E-state index in [4.69, 9.17) is 14.2 Å². The largest absolute Gasteiger partial charge is 0.478 e.